The minimum absolute atomic E-state index is 0.325. The number of nitrogens with one attached hydrogen (secondary N) is 1. The molecule has 0 bridgehead atoms. The Labute approximate surface area is 126 Å². The summed E-state index contributed by atoms with van der Waals surface area (Å²) in [6.45, 7) is 0. The van der Waals surface area contributed by atoms with E-state index in [2.05, 4.69) is 5.32 Å². The van der Waals surface area contributed by atoms with Crippen molar-refractivity contribution >= 4 is 11.7 Å². The van der Waals surface area contributed by atoms with Crippen LogP contribution in [-0.2, 0) is 6.18 Å². The molecule has 22 heavy (non-hydrogen) atoms. The lowest BCUT2D eigenvalue weighted by atomic mass is 10.0. The van der Waals surface area contributed by atoms with E-state index in [1.165, 1.54) is 11.0 Å². The fourth-order valence-electron chi connectivity index (χ4n) is 1.91. The Kier molecular flexibility index (Phi) is 4.40. The molecular weight excluding hydrogens is 293 g/mol. The predicted octanol–water partition coefficient (Wildman–Crippen LogP) is 4.47. The molecule has 6 heteroatoms. The van der Waals surface area contributed by atoms with Crippen molar-refractivity contribution in [2.45, 2.75) is 6.18 Å². The van der Waals surface area contributed by atoms with Crippen molar-refractivity contribution in [1.29, 1.82) is 0 Å². The van der Waals surface area contributed by atoms with Gasteiger partial charge in [-0.25, -0.2) is 4.79 Å². The Bertz CT molecular complexity index is 667. The molecule has 0 heterocycles. The maximum Gasteiger partial charge on any atom is 0.416 e. The highest BCUT2D eigenvalue weighted by Gasteiger charge is 2.31. The van der Waals surface area contributed by atoms with E-state index >= 15 is 0 Å². The summed E-state index contributed by atoms with van der Waals surface area (Å²) in [5.41, 5.74) is 0.500. The summed E-state index contributed by atoms with van der Waals surface area (Å²) < 4.78 is 38.7. The molecule has 2 rings (SSSR count). The topological polar surface area (TPSA) is 32.3 Å². The van der Waals surface area contributed by atoms with Gasteiger partial charge >= 0.3 is 12.2 Å². The number of anilines is 1. The van der Waals surface area contributed by atoms with E-state index in [0.717, 1.165) is 12.1 Å². The maximum absolute atomic E-state index is 12.9. The number of carbonyl (C=O) groups is 1. The number of carbonyl (C=O) groups excluding carboxylic acids is 1. The smallest absolute Gasteiger partial charge is 0.331 e. The molecule has 0 aliphatic carbocycles. The molecular formula is C16H15F3N2O. The average Bonchev–Trinajstić information content (AvgIpc) is 2.47. The molecule has 2 amide bonds. The highest BCUT2D eigenvalue weighted by Crippen LogP contribution is 2.36. The van der Waals surface area contributed by atoms with Gasteiger partial charge < -0.3 is 10.2 Å². The molecule has 0 fully saturated rings. The molecule has 2 aromatic rings. The quantitative estimate of drug-likeness (QED) is 0.872. The maximum atomic E-state index is 12.9. The third-order valence-electron chi connectivity index (χ3n) is 3.08. The van der Waals surface area contributed by atoms with Crippen molar-refractivity contribution in [2.75, 3.05) is 19.4 Å². The van der Waals surface area contributed by atoms with Crippen molar-refractivity contribution in [3.8, 4) is 11.1 Å². The van der Waals surface area contributed by atoms with E-state index in [4.69, 9.17) is 0 Å². The molecule has 2 aromatic carbocycles. The van der Waals surface area contributed by atoms with Crippen molar-refractivity contribution in [2.24, 2.45) is 0 Å². The molecule has 0 saturated carbocycles. The zero-order valence-corrected chi connectivity index (χ0v) is 12.1. The zero-order chi connectivity index (χ0) is 16.3. The fraction of sp³-hybridized carbons (Fsp3) is 0.188. The monoisotopic (exact) mass is 308 g/mol. The predicted molar refractivity (Wildman–Crippen MR) is 79.6 cm³/mol. The van der Waals surface area contributed by atoms with E-state index in [9.17, 15) is 18.0 Å². The minimum Gasteiger partial charge on any atom is -0.331 e. The average molecular weight is 308 g/mol. The van der Waals surface area contributed by atoms with Crippen LogP contribution in [0.4, 0.5) is 23.7 Å². The molecule has 0 aromatic heterocycles. The van der Waals surface area contributed by atoms with E-state index in [0.29, 0.717) is 16.8 Å². The van der Waals surface area contributed by atoms with Crippen molar-refractivity contribution in [3.05, 3.63) is 54.1 Å². The van der Waals surface area contributed by atoms with Gasteiger partial charge in [0.1, 0.15) is 0 Å². The van der Waals surface area contributed by atoms with Gasteiger partial charge in [-0.05, 0) is 23.8 Å². The van der Waals surface area contributed by atoms with Crippen LogP contribution >= 0.6 is 0 Å². The molecule has 0 unspecified atom stereocenters. The van der Waals surface area contributed by atoms with E-state index in [1.807, 2.05) is 0 Å². The third-order valence-corrected chi connectivity index (χ3v) is 3.08. The van der Waals surface area contributed by atoms with Crippen molar-refractivity contribution in [1.82, 2.24) is 4.90 Å². The molecule has 3 nitrogen and oxygen atoms in total. The summed E-state index contributed by atoms with van der Waals surface area (Å²) in [6.07, 6.45) is -4.44. The van der Waals surface area contributed by atoms with Gasteiger partial charge in [0, 0.05) is 19.7 Å². The lowest BCUT2D eigenvalue weighted by molar-refractivity contribution is -0.137. The number of urea groups is 1. The van der Waals surface area contributed by atoms with Gasteiger partial charge in [0.05, 0.1) is 11.3 Å². The molecule has 0 radical (unpaired) electrons. The van der Waals surface area contributed by atoms with E-state index in [1.54, 1.807) is 44.4 Å². The molecule has 116 valence electrons. The summed E-state index contributed by atoms with van der Waals surface area (Å²) in [7, 11) is 3.11. The second kappa shape index (κ2) is 6.09. The summed E-state index contributed by atoms with van der Waals surface area (Å²) in [6, 6.07) is 11.5. The second-order valence-electron chi connectivity index (χ2n) is 4.95. The number of rotatable bonds is 2. The molecule has 0 atom stereocenters. The van der Waals surface area contributed by atoms with Gasteiger partial charge in [-0.15, -0.1) is 0 Å². The van der Waals surface area contributed by atoms with Gasteiger partial charge in [-0.3, -0.25) is 0 Å². The van der Waals surface area contributed by atoms with Crippen LogP contribution in [0.3, 0.4) is 0 Å². The van der Waals surface area contributed by atoms with Gasteiger partial charge in [0.2, 0.25) is 0 Å². The van der Waals surface area contributed by atoms with Gasteiger partial charge in [-0.1, -0.05) is 30.3 Å². The third kappa shape index (κ3) is 3.58. The Morgan fingerprint density at radius 2 is 1.68 bits per heavy atom. The van der Waals surface area contributed by atoms with Crippen LogP contribution < -0.4 is 5.32 Å². The van der Waals surface area contributed by atoms with Crippen LogP contribution in [0.15, 0.2) is 48.5 Å². The van der Waals surface area contributed by atoms with Crippen LogP contribution in [0, 0.1) is 0 Å². The number of amides is 2. The normalized spacial score (nSPS) is 11.1. The number of halogens is 3. The number of benzene rings is 2. The molecule has 1 N–H and O–H groups in total. The first-order valence-electron chi connectivity index (χ1n) is 6.54. The zero-order valence-electron chi connectivity index (χ0n) is 12.1. The van der Waals surface area contributed by atoms with E-state index < -0.39 is 17.8 Å². The van der Waals surface area contributed by atoms with Gasteiger partial charge in [-0.2, -0.15) is 13.2 Å². The largest absolute Gasteiger partial charge is 0.416 e. The highest BCUT2D eigenvalue weighted by molar-refractivity contribution is 5.94. The van der Waals surface area contributed by atoms with Crippen LogP contribution in [-0.4, -0.2) is 25.0 Å². The first-order chi connectivity index (χ1) is 10.3. The first-order valence-corrected chi connectivity index (χ1v) is 6.54. The van der Waals surface area contributed by atoms with Crippen LogP contribution in [0.1, 0.15) is 5.56 Å². The van der Waals surface area contributed by atoms with Crippen molar-refractivity contribution in [3.63, 3.8) is 0 Å². The summed E-state index contributed by atoms with van der Waals surface area (Å²) in [5, 5.41) is 2.61. The van der Waals surface area contributed by atoms with E-state index in [-0.39, 0.29) is 0 Å². The second-order valence-corrected chi connectivity index (χ2v) is 4.95. The van der Waals surface area contributed by atoms with Crippen LogP contribution in [0.5, 0.6) is 0 Å². The lowest BCUT2D eigenvalue weighted by Crippen LogP contribution is -2.27. The highest BCUT2D eigenvalue weighted by atomic mass is 19.4. The van der Waals surface area contributed by atoms with Crippen LogP contribution in [0.25, 0.3) is 11.1 Å². The molecule has 0 aliphatic heterocycles. The Balaban J connectivity index is 2.52. The Morgan fingerprint density at radius 1 is 1.05 bits per heavy atom. The SMILES string of the molecule is CN(C)C(=O)Nc1ccc(C(F)(F)F)cc1-c1ccccc1. The number of alkyl halides is 3. The minimum atomic E-state index is -4.44. The molecule has 0 aliphatic rings. The summed E-state index contributed by atoms with van der Waals surface area (Å²) >= 11 is 0. The van der Waals surface area contributed by atoms with Crippen molar-refractivity contribution < 1.29 is 18.0 Å². The molecule has 0 saturated heterocycles. The number of nitrogens with zero attached hydrogens (tertiary/aromatic N) is 1. The van der Waals surface area contributed by atoms with Crippen LogP contribution in [0.2, 0.25) is 0 Å². The Morgan fingerprint density at radius 3 is 2.23 bits per heavy atom. The fourth-order valence-corrected chi connectivity index (χ4v) is 1.91. The Hall–Kier alpha value is -2.50. The van der Waals surface area contributed by atoms with Gasteiger partial charge in [0.25, 0.3) is 0 Å². The summed E-state index contributed by atoms with van der Waals surface area (Å²) in [4.78, 5) is 13.1. The standard InChI is InChI=1S/C16H15F3N2O/c1-21(2)15(22)20-14-9-8-12(16(17,18)19)10-13(14)11-6-4-3-5-7-11/h3-10H,1-2H3,(H,20,22). The first kappa shape index (κ1) is 15.9. The summed E-state index contributed by atoms with van der Waals surface area (Å²) in [5.74, 6) is 0. The molecule has 0 spiro atoms. The lowest BCUT2D eigenvalue weighted by Gasteiger charge is -2.17. The number of hydrogen-bond donors (Lipinski definition) is 1. The number of hydrogen-bond acceptors (Lipinski definition) is 1. The van der Waals surface area contributed by atoms with Gasteiger partial charge in [0.15, 0.2) is 0 Å².